The molecule has 1 N–H and O–H groups in total. The number of rotatable bonds is 5. The Hall–Kier alpha value is -3.61. The van der Waals surface area contributed by atoms with Crippen molar-refractivity contribution in [3.05, 3.63) is 66.2 Å². The molecular formula is C20H18N4O3. The second-order valence-electron chi connectivity index (χ2n) is 5.97. The number of aromatic nitrogens is 3. The van der Waals surface area contributed by atoms with Gasteiger partial charge in [0.1, 0.15) is 17.1 Å². The fourth-order valence-corrected chi connectivity index (χ4v) is 2.78. The molecule has 0 spiro atoms. The van der Waals surface area contributed by atoms with E-state index >= 15 is 0 Å². The van der Waals surface area contributed by atoms with Gasteiger partial charge in [-0.3, -0.25) is 4.79 Å². The Labute approximate surface area is 155 Å². The lowest BCUT2D eigenvalue weighted by molar-refractivity contribution is 0.102. The van der Waals surface area contributed by atoms with Gasteiger partial charge in [-0.25, -0.2) is 9.50 Å². The van der Waals surface area contributed by atoms with Crippen LogP contribution in [0.5, 0.6) is 5.75 Å². The molecule has 0 saturated carbocycles. The third kappa shape index (κ3) is 3.39. The molecule has 0 atom stereocenters. The van der Waals surface area contributed by atoms with E-state index in [2.05, 4.69) is 15.4 Å². The van der Waals surface area contributed by atoms with Crippen LogP contribution in [0.3, 0.4) is 0 Å². The maximum Gasteiger partial charge on any atom is 0.274 e. The molecule has 136 valence electrons. The molecule has 1 amide bonds. The van der Waals surface area contributed by atoms with E-state index in [0.717, 1.165) is 11.4 Å². The lowest BCUT2D eigenvalue weighted by atomic mass is 10.2. The fourth-order valence-electron chi connectivity index (χ4n) is 2.78. The number of fused-ring (bicyclic) bond motifs is 1. The average molecular weight is 362 g/mol. The van der Waals surface area contributed by atoms with Crippen LogP contribution in [0.1, 0.15) is 23.1 Å². The van der Waals surface area contributed by atoms with Crippen LogP contribution in [0.4, 0.5) is 5.69 Å². The number of aryl methyl sites for hydroxylation is 1. The summed E-state index contributed by atoms with van der Waals surface area (Å²) in [6.45, 7) is 4.40. The molecule has 0 bridgehead atoms. The summed E-state index contributed by atoms with van der Waals surface area (Å²) in [5, 5.41) is 7.33. The molecule has 0 saturated heterocycles. The van der Waals surface area contributed by atoms with E-state index < -0.39 is 0 Å². The molecule has 0 unspecified atom stereocenters. The third-order valence-electron chi connectivity index (χ3n) is 4.03. The van der Waals surface area contributed by atoms with Crippen molar-refractivity contribution < 1.29 is 13.9 Å². The number of ether oxygens (including phenoxy) is 1. The summed E-state index contributed by atoms with van der Waals surface area (Å²) in [4.78, 5) is 17.0. The Morgan fingerprint density at radius 3 is 2.74 bits per heavy atom. The van der Waals surface area contributed by atoms with Gasteiger partial charge in [-0.2, -0.15) is 5.10 Å². The summed E-state index contributed by atoms with van der Waals surface area (Å²) in [5.41, 5.74) is 3.04. The van der Waals surface area contributed by atoms with Crippen molar-refractivity contribution in [2.24, 2.45) is 0 Å². The van der Waals surface area contributed by atoms with Gasteiger partial charge >= 0.3 is 0 Å². The Kier molecular flexibility index (Phi) is 4.33. The summed E-state index contributed by atoms with van der Waals surface area (Å²) in [7, 11) is 0. The standard InChI is InChI=1S/C20H18N4O3/c1-3-26-15-8-6-14(7-9-15)21-20(25)17-11-13(2)24-19(22-17)12-16(23-24)18-5-4-10-27-18/h4-12H,3H2,1-2H3,(H,21,25). The van der Waals surface area contributed by atoms with Crippen LogP contribution in [0.15, 0.2) is 59.2 Å². The first-order valence-electron chi connectivity index (χ1n) is 8.59. The van der Waals surface area contributed by atoms with E-state index in [9.17, 15) is 4.79 Å². The predicted molar refractivity (Wildman–Crippen MR) is 101 cm³/mol. The van der Waals surface area contributed by atoms with E-state index in [1.807, 2.05) is 32.0 Å². The van der Waals surface area contributed by atoms with Gasteiger partial charge in [-0.1, -0.05) is 0 Å². The number of hydrogen-bond donors (Lipinski definition) is 1. The molecular weight excluding hydrogens is 344 g/mol. The van der Waals surface area contributed by atoms with Crippen molar-refractivity contribution in [3.8, 4) is 17.2 Å². The van der Waals surface area contributed by atoms with Crippen LogP contribution in [-0.4, -0.2) is 27.1 Å². The van der Waals surface area contributed by atoms with Gasteiger partial charge in [-0.05, 0) is 56.3 Å². The summed E-state index contributed by atoms with van der Waals surface area (Å²) in [5.74, 6) is 1.13. The van der Waals surface area contributed by atoms with Crippen LogP contribution in [0, 0.1) is 6.92 Å². The van der Waals surface area contributed by atoms with Crippen molar-refractivity contribution >= 4 is 17.2 Å². The van der Waals surface area contributed by atoms with Crippen LogP contribution < -0.4 is 10.1 Å². The van der Waals surface area contributed by atoms with Gasteiger partial charge in [0, 0.05) is 17.4 Å². The van der Waals surface area contributed by atoms with Gasteiger partial charge in [0.2, 0.25) is 0 Å². The van der Waals surface area contributed by atoms with Gasteiger partial charge in [-0.15, -0.1) is 0 Å². The van der Waals surface area contributed by atoms with Gasteiger partial charge in [0.15, 0.2) is 11.4 Å². The Morgan fingerprint density at radius 2 is 2.04 bits per heavy atom. The molecule has 0 radical (unpaired) electrons. The van der Waals surface area contributed by atoms with Crippen molar-refractivity contribution in [1.82, 2.24) is 14.6 Å². The van der Waals surface area contributed by atoms with Gasteiger partial charge < -0.3 is 14.5 Å². The molecule has 0 aliphatic rings. The Morgan fingerprint density at radius 1 is 1.22 bits per heavy atom. The Balaban J connectivity index is 1.60. The van der Waals surface area contributed by atoms with Crippen LogP contribution >= 0.6 is 0 Å². The first-order valence-corrected chi connectivity index (χ1v) is 8.59. The quantitative estimate of drug-likeness (QED) is 0.581. The van der Waals surface area contributed by atoms with Gasteiger partial charge in [0.05, 0.1) is 12.9 Å². The molecule has 1 aromatic carbocycles. The minimum absolute atomic E-state index is 0.287. The number of amides is 1. The largest absolute Gasteiger partial charge is 0.494 e. The second-order valence-corrected chi connectivity index (χ2v) is 5.97. The average Bonchev–Trinajstić information content (AvgIpc) is 3.33. The van der Waals surface area contributed by atoms with Crippen molar-refractivity contribution in [2.45, 2.75) is 13.8 Å². The highest BCUT2D eigenvalue weighted by Crippen LogP contribution is 2.21. The number of anilines is 1. The van der Waals surface area contributed by atoms with E-state index in [4.69, 9.17) is 9.15 Å². The summed E-state index contributed by atoms with van der Waals surface area (Å²) < 4.78 is 12.5. The third-order valence-corrected chi connectivity index (χ3v) is 4.03. The zero-order valence-electron chi connectivity index (χ0n) is 15.0. The summed E-state index contributed by atoms with van der Waals surface area (Å²) in [6.07, 6.45) is 1.59. The number of furan rings is 1. The zero-order chi connectivity index (χ0) is 18.8. The Bertz CT molecular complexity index is 1080. The van der Waals surface area contributed by atoms with E-state index in [-0.39, 0.29) is 5.91 Å². The SMILES string of the molecule is CCOc1ccc(NC(=O)c2cc(C)n3nc(-c4ccco4)cc3n2)cc1. The normalized spacial score (nSPS) is 10.9. The highest BCUT2D eigenvalue weighted by atomic mass is 16.5. The first kappa shape index (κ1) is 16.8. The molecule has 0 fully saturated rings. The maximum atomic E-state index is 12.6. The minimum atomic E-state index is -0.287. The number of hydrogen-bond acceptors (Lipinski definition) is 5. The lowest BCUT2D eigenvalue weighted by Crippen LogP contribution is -2.15. The molecule has 3 heterocycles. The van der Waals surface area contributed by atoms with Crippen LogP contribution in [-0.2, 0) is 0 Å². The highest BCUT2D eigenvalue weighted by Gasteiger charge is 2.14. The maximum absolute atomic E-state index is 12.6. The first-order chi connectivity index (χ1) is 13.1. The summed E-state index contributed by atoms with van der Waals surface area (Å²) in [6, 6.07) is 14.3. The zero-order valence-corrected chi connectivity index (χ0v) is 15.0. The summed E-state index contributed by atoms with van der Waals surface area (Å²) >= 11 is 0. The van der Waals surface area contributed by atoms with Crippen molar-refractivity contribution in [3.63, 3.8) is 0 Å². The van der Waals surface area contributed by atoms with E-state index in [1.165, 1.54) is 0 Å². The molecule has 7 heteroatoms. The molecule has 4 rings (SSSR count). The molecule has 0 aliphatic carbocycles. The smallest absolute Gasteiger partial charge is 0.274 e. The van der Waals surface area contributed by atoms with E-state index in [0.29, 0.717) is 35.1 Å². The van der Waals surface area contributed by atoms with Crippen molar-refractivity contribution in [2.75, 3.05) is 11.9 Å². The van der Waals surface area contributed by atoms with Crippen molar-refractivity contribution in [1.29, 1.82) is 0 Å². The number of benzene rings is 1. The topological polar surface area (TPSA) is 81.7 Å². The number of carbonyl (C=O) groups is 1. The molecule has 4 aromatic rings. The fraction of sp³-hybridized carbons (Fsp3) is 0.150. The number of carbonyl (C=O) groups excluding carboxylic acids is 1. The van der Waals surface area contributed by atoms with Crippen LogP contribution in [0.25, 0.3) is 17.1 Å². The molecule has 7 nitrogen and oxygen atoms in total. The molecule has 27 heavy (non-hydrogen) atoms. The monoisotopic (exact) mass is 362 g/mol. The molecule has 3 aromatic heterocycles. The minimum Gasteiger partial charge on any atom is -0.494 e. The lowest BCUT2D eigenvalue weighted by Gasteiger charge is -2.08. The highest BCUT2D eigenvalue weighted by molar-refractivity contribution is 6.03. The van der Waals surface area contributed by atoms with Crippen LogP contribution in [0.2, 0.25) is 0 Å². The van der Waals surface area contributed by atoms with E-state index in [1.54, 1.807) is 41.1 Å². The number of nitrogens with zero attached hydrogens (tertiary/aromatic N) is 3. The predicted octanol–water partition coefficient (Wildman–Crippen LogP) is 3.95. The van der Waals surface area contributed by atoms with Gasteiger partial charge in [0.25, 0.3) is 5.91 Å². The number of nitrogens with one attached hydrogen (secondary N) is 1. The second kappa shape index (κ2) is 6.95. The molecule has 0 aliphatic heterocycles.